The first-order chi connectivity index (χ1) is 16.9. The van der Waals surface area contributed by atoms with Crippen LogP contribution in [-0.4, -0.2) is 54.2 Å². The lowest BCUT2D eigenvalue weighted by Crippen LogP contribution is -2.57. The Labute approximate surface area is 205 Å². The van der Waals surface area contributed by atoms with Crippen LogP contribution < -0.4 is 5.32 Å². The van der Waals surface area contributed by atoms with Crippen molar-refractivity contribution in [3.63, 3.8) is 0 Å². The molecule has 0 aromatic heterocycles. The van der Waals surface area contributed by atoms with Crippen molar-refractivity contribution in [2.24, 2.45) is 17.3 Å². The minimum Gasteiger partial charge on any atom is -0.481 e. The molecule has 0 bridgehead atoms. The molecule has 0 radical (unpaired) electrons. The minimum atomic E-state index is -0.853. The van der Waals surface area contributed by atoms with Gasteiger partial charge in [0.05, 0.1) is 11.3 Å². The fraction of sp³-hybridized carbons (Fsp3) is 0.464. The van der Waals surface area contributed by atoms with E-state index in [2.05, 4.69) is 29.6 Å². The molecule has 1 saturated heterocycles. The molecule has 5 rings (SSSR count). The monoisotopic (exact) mass is 476 g/mol. The third-order valence-electron chi connectivity index (χ3n) is 7.98. The molecule has 7 nitrogen and oxygen atoms in total. The fourth-order valence-electron chi connectivity index (χ4n) is 5.99. The van der Waals surface area contributed by atoms with Crippen LogP contribution in [0.2, 0.25) is 0 Å². The molecule has 35 heavy (non-hydrogen) atoms. The van der Waals surface area contributed by atoms with Crippen LogP contribution in [0.1, 0.15) is 49.7 Å². The molecule has 2 aromatic carbocycles. The molecule has 0 spiro atoms. The van der Waals surface area contributed by atoms with Crippen molar-refractivity contribution in [2.75, 3.05) is 26.2 Å². The standard InChI is InChI=1S/C28H32N2O5/c1-18-13-19(25(31)32)15-30(14-18)26(33)28(11-6-12-28)17-29-27(34)35-16-24-22-9-4-2-7-20(22)21-8-3-5-10-23(21)24/h2-5,7-10,18-19,24H,6,11-17H2,1H3,(H,29,34)(H,31,32). The number of nitrogens with zero attached hydrogens (tertiary/aromatic N) is 1. The zero-order valence-corrected chi connectivity index (χ0v) is 20.0. The van der Waals surface area contributed by atoms with E-state index >= 15 is 0 Å². The van der Waals surface area contributed by atoms with E-state index < -0.39 is 23.4 Å². The number of likely N-dealkylation sites (tertiary alicyclic amines) is 1. The minimum absolute atomic E-state index is 0.0183. The number of carboxylic acid groups (broad SMARTS) is 1. The SMILES string of the molecule is CC1CC(C(=O)O)CN(C(=O)C2(CNC(=O)OCC3c4ccccc4-c4ccccc43)CCC2)C1. The van der Waals surface area contributed by atoms with Crippen molar-refractivity contribution in [1.82, 2.24) is 10.2 Å². The van der Waals surface area contributed by atoms with E-state index in [9.17, 15) is 19.5 Å². The lowest BCUT2D eigenvalue weighted by Gasteiger charge is -2.46. The number of hydrogen-bond acceptors (Lipinski definition) is 4. The summed E-state index contributed by atoms with van der Waals surface area (Å²) in [5, 5.41) is 12.3. The molecule has 184 valence electrons. The Balaban J connectivity index is 1.20. The zero-order valence-electron chi connectivity index (χ0n) is 20.0. The third-order valence-corrected chi connectivity index (χ3v) is 7.98. The van der Waals surface area contributed by atoms with Gasteiger partial charge in [-0.2, -0.15) is 0 Å². The molecule has 1 heterocycles. The van der Waals surface area contributed by atoms with E-state index in [4.69, 9.17) is 4.74 Å². The largest absolute Gasteiger partial charge is 0.481 e. The van der Waals surface area contributed by atoms with Gasteiger partial charge in [-0.25, -0.2) is 4.79 Å². The van der Waals surface area contributed by atoms with Gasteiger partial charge in [-0.05, 0) is 47.4 Å². The Morgan fingerprint density at radius 1 is 1.03 bits per heavy atom. The Hall–Kier alpha value is -3.35. The second-order valence-corrected chi connectivity index (χ2v) is 10.4. The van der Waals surface area contributed by atoms with Crippen molar-refractivity contribution in [3.05, 3.63) is 59.7 Å². The van der Waals surface area contributed by atoms with Gasteiger partial charge in [-0.1, -0.05) is 61.9 Å². The second kappa shape index (κ2) is 9.36. The van der Waals surface area contributed by atoms with Gasteiger partial charge in [0, 0.05) is 25.6 Å². The number of rotatable bonds is 6. The lowest BCUT2D eigenvalue weighted by atomic mass is 9.67. The number of benzene rings is 2. The Morgan fingerprint density at radius 2 is 1.66 bits per heavy atom. The molecule has 2 amide bonds. The normalized spacial score (nSPS) is 22.5. The van der Waals surface area contributed by atoms with Gasteiger partial charge < -0.3 is 20.1 Å². The van der Waals surface area contributed by atoms with Crippen molar-refractivity contribution < 1.29 is 24.2 Å². The quantitative estimate of drug-likeness (QED) is 0.649. The maximum atomic E-state index is 13.4. The van der Waals surface area contributed by atoms with Gasteiger partial charge >= 0.3 is 12.1 Å². The number of carboxylic acids is 1. The molecule has 2 aliphatic carbocycles. The maximum Gasteiger partial charge on any atom is 0.407 e. The summed E-state index contributed by atoms with van der Waals surface area (Å²) in [6.07, 6.45) is 2.37. The van der Waals surface area contributed by atoms with Crippen LogP contribution in [0.4, 0.5) is 4.79 Å². The molecule has 1 saturated carbocycles. The average Bonchev–Trinajstić information content (AvgIpc) is 3.15. The summed E-state index contributed by atoms with van der Waals surface area (Å²) in [5.41, 5.74) is 3.99. The molecule has 3 aliphatic rings. The van der Waals surface area contributed by atoms with Gasteiger partial charge in [0.25, 0.3) is 0 Å². The number of carbonyl (C=O) groups is 3. The zero-order chi connectivity index (χ0) is 24.6. The van der Waals surface area contributed by atoms with Gasteiger partial charge in [0.15, 0.2) is 0 Å². The summed E-state index contributed by atoms with van der Waals surface area (Å²) in [7, 11) is 0. The van der Waals surface area contributed by atoms with E-state index in [1.54, 1.807) is 4.90 Å². The first kappa shape index (κ1) is 23.4. The highest BCUT2D eigenvalue weighted by Gasteiger charge is 2.48. The molecule has 2 aromatic rings. The average molecular weight is 477 g/mol. The van der Waals surface area contributed by atoms with E-state index in [-0.39, 0.29) is 37.4 Å². The number of hydrogen-bond donors (Lipinski definition) is 2. The Kier molecular flexibility index (Phi) is 6.26. The van der Waals surface area contributed by atoms with Crippen LogP contribution in [0.3, 0.4) is 0 Å². The van der Waals surface area contributed by atoms with Crippen molar-refractivity contribution in [3.8, 4) is 11.1 Å². The van der Waals surface area contributed by atoms with E-state index in [1.165, 1.54) is 11.1 Å². The number of fused-ring (bicyclic) bond motifs is 3. The number of nitrogens with one attached hydrogen (secondary N) is 1. The number of ether oxygens (including phenoxy) is 1. The van der Waals surface area contributed by atoms with E-state index in [1.807, 2.05) is 31.2 Å². The number of carbonyl (C=O) groups excluding carboxylic acids is 2. The summed E-state index contributed by atoms with van der Waals surface area (Å²) < 4.78 is 5.64. The van der Waals surface area contributed by atoms with Crippen LogP contribution >= 0.6 is 0 Å². The number of amides is 2. The predicted molar refractivity (Wildman–Crippen MR) is 131 cm³/mol. The predicted octanol–water partition coefficient (Wildman–Crippen LogP) is 4.26. The van der Waals surface area contributed by atoms with Gasteiger partial charge in [0.2, 0.25) is 5.91 Å². The molecule has 1 aliphatic heterocycles. The topological polar surface area (TPSA) is 95.9 Å². The number of alkyl carbamates (subject to hydrolysis) is 1. The van der Waals surface area contributed by atoms with E-state index in [0.29, 0.717) is 25.8 Å². The first-order valence-corrected chi connectivity index (χ1v) is 12.5. The molecular weight excluding hydrogens is 444 g/mol. The summed E-state index contributed by atoms with van der Waals surface area (Å²) in [6.45, 7) is 3.23. The van der Waals surface area contributed by atoms with Crippen molar-refractivity contribution >= 4 is 18.0 Å². The molecule has 2 N–H and O–H groups in total. The first-order valence-electron chi connectivity index (χ1n) is 12.5. The number of aliphatic carboxylic acids is 1. The summed E-state index contributed by atoms with van der Waals surface area (Å²) >= 11 is 0. The number of piperidine rings is 1. The smallest absolute Gasteiger partial charge is 0.407 e. The highest BCUT2D eigenvalue weighted by atomic mass is 16.5. The summed E-state index contributed by atoms with van der Waals surface area (Å²) in [5.74, 6) is -1.31. The Bertz CT molecular complexity index is 1100. The van der Waals surface area contributed by atoms with E-state index in [0.717, 1.165) is 17.5 Å². The second-order valence-electron chi connectivity index (χ2n) is 10.4. The molecule has 2 unspecified atom stereocenters. The third kappa shape index (κ3) is 4.40. The van der Waals surface area contributed by atoms with Crippen molar-refractivity contribution in [1.29, 1.82) is 0 Å². The van der Waals surface area contributed by atoms with Gasteiger partial charge in [-0.3, -0.25) is 9.59 Å². The maximum absolute atomic E-state index is 13.4. The summed E-state index contributed by atoms with van der Waals surface area (Å²) in [4.78, 5) is 39.3. The van der Waals surface area contributed by atoms with Crippen LogP contribution in [0.25, 0.3) is 11.1 Å². The fourth-order valence-corrected chi connectivity index (χ4v) is 5.99. The molecule has 2 atom stereocenters. The highest BCUT2D eigenvalue weighted by molar-refractivity contribution is 5.85. The summed E-state index contributed by atoms with van der Waals surface area (Å²) in [6, 6.07) is 16.4. The Morgan fingerprint density at radius 3 is 2.23 bits per heavy atom. The molecular formula is C28H32N2O5. The van der Waals surface area contributed by atoms with Crippen LogP contribution in [0.15, 0.2) is 48.5 Å². The van der Waals surface area contributed by atoms with Crippen LogP contribution in [-0.2, 0) is 14.3 Å². The molecule has 2 fully saturated rings. The highest BCUT2D eigenvalue weighted by Crippen LogP contribution is 2.45. The van der Waals surface area contributed by atoms with Crippen LogP contribution in [0, 0.1) is 17.3 Å². The van der Waals surface area contributed by atoms with Gasteiger partial charge in [0.1, 0.15) is 6.61 Å². The van der Waals surface area contributed by atoms with Crippen LogP contribution in [0.5, 0.6) is 0 Å². The van der Waals surface area contributed by atoms with Gasteiger partial charge in [-0.15, -0.1) is 0 Å². The molecule has 7 heteroatoms. The lowest BCUT2D eigenvalue weighted by molar-refractivity contribution is -0.154. The van der Waals surface area contributed by atoms with Crippen molar-refractivity contribution in [2.45, 2.75) is 38.5 Å².